The summed E-state index contributed by atoms with van der Waals surface area (Å²) in [5, 5.41) is 0. The van der Waals surface area contributed by atoms with Crippen LogP contribution in [0.5, 0.6) is 0 Å². The Bertz CT molecular complexity index is 529. The molecule has 8 N–H and O–H groups in total. The minimum atomic E-state index is 0.584. The molecule has 0 unspecified atom stereocenters. The zero-order chi connectivity index (χ0) is 15.4. The van der Waals surface area contributed by atoms with Crippen LogP contribution in [0.4, 0.5) is 22.7 Å². The molecule has 0 aromatic heterocycles. The van der Waals surface area contributed by atoms with Crippen molar-refractivity contribution in [1.29, 1.82) is 0 Å². The van der Waals surface area contributed by atoms with Crippen LogP contribution in [0.2, 0.25) is 0 Å². The van der Waals surface area contributed by atoms with Gasteiger partial charge in [0.15, 0.2) is 0 Å². The van der Waals surface area contributed by atoms with Gasteiger partial charge in [-0.2, -0.15) is 0 Å². The summed E-state index contributed by atoms with van der Waals surface area (Å²) in [6, 6.07) is 7.23. The highest BCUT2D eigenvalue weighted by Crippen LogP contribution is 2.30. The van der Waals surface area contributed by atoms with Crippen LogP contribution in [-0.4, -0.2) is 0 Å². The smallest absolute Gasteiger partial charge is 0.0692 e. The topological polar surface area (TPSA) is 104 Å². The van der Waals surface area contributed by atoms with Gasteiger partial charge in [0.25, 0.3) is 0 Å². The molecule has 2 aromatic carbocycles. The van der Waals surface area contributed by atoms with E-state index in [1.54, 1.807) is 12.1 Å². The van der Waals surface area contributed by atoms with Gasteiger partial charge in [-0.25, -0.2) is 0 Å². The van der Waals surface area contributed by atoms with Crippen molar-refractivity contribution in [1.82, 2.24) is 0 Å². The summed E-state index contributed by atoms with van der Waals surface area (Å²) >= 11 is 13.1. The van der Waals surface area contributed by atoms with Gasteiger partial charge in [0.1, 0.15) is 0 Å². The van der Waals surface area contributed by atoms with E-state index >= 15 is 0 Å². The van der Waals surface area contributed by atoms with E-state index in [-0.39, 0.29) is 0 Å². The summed E-state index contributed by atoms with van der Waals surface area (Å²) in [7, 11) is 0. The van der Waals surface area contributed by atoms with Crippen LogP contribution in [0.25, 0.3) is 0 Å². The summed E-state index contributed by atoms with van der Waals surface area (Å²) in [4.78, 5) is 0. The number of anilines is 4. The molecule has 4 nitrogen and oxygen atoms in total. The van der Waals surface area contributed by atoms with Crippen LogP contribution in [0.1, 0.15) is 0 Å². The Morgan fingerprint density at radius 1 is 0.550 bits per heavy atom. The van der Waals surface area contributed by atoms with E-state index in [0.29, 0.717) is 22.7 Å². The van der Waals surface area contributed by atoms with Crippen molar-refractivity contribution in [2.24, 2.45) is 0 Å². The molecule has 2 rings (SSSR count). The second-order valence-corrected chi connectivity index (χ2v) is 7.32. The van der Waals surface area contributed by atoms with Crippen LogP contribution < -0.4 is 22.9 Å². The molecule has 0 radical (unpaired) electrons. The average Bonchev–Trinajstić information content (AvgIpc) is 2.33. The maximum atomic E-state index is 5.56. The molecule has 0 saturated heterocycles. The second kappa shape index (κ2) is 7.53. The summed E-state index contributed by atoms with van der Waals surface area (Å²) < 4.78 is 3.48. The lowest BCUT2D eigenvalue weighted by atomic mass is 10.3. The van der Waals surface area contributed by atoms with Gasteiger partial charge in [-0.15, -0.1) is 0 Å². The Morgan fingerprint density at radius 3 is 1.10 bits per heavy atom. The molecule has 0 spiro atoms. The molecule has 0 aliphatic carbocycles. The molecule has 20 heavy (non-hydrogen) atoms. The molecule has 0 saturated carbocycles. The lowest BCUT2D eigenvalue weighted by Gasteiger charge is -2.02. The van der Waals surface area contributed by atoms with Crippen LogP contribution >= 0.6 is 63.7 Å². The molecule has 0 aliphatic rings. The van der Waals surface area contributed by atoms with E-state index < -0.39 is 0 Å². The molecule has 2 aromatic rings. The first-order chi connectivity index (χ1) is 9.22. The van der Waals surface area contributed by atoms with E-state index in [1.807, 2.05) is 12.1 Å². The fourth-order valence-corrected chi connectivity index (χ4v) is 3.73. The summed E-state index contributed by atoms with van der Waals surface area (Å²) in [5.74, 6) is 0. The number of nitrogen functional groups attached to an aromatic ring is 4. The van der Waals surface area contributed by atoms with Crippen LogP contribution in [0.15, 0.2) is 42.2 Å². The average molecular weight is 532 g/mol. The third-order valence-corrected chi connectivity index (χ3v) is 4.48. The largest absolute Gasteiger partial charge is 0.397 e. The van der Waals surface area contributed by atoms with Crippen molar-refractivity contribution >= 4 is 86.5 Å². The normalized spacial score (nSPS) is 9.80. The summed E-state index contributed by atoms with van der Waals surface area (Å²) in [6.45, 7) is 0. The number of rotatable bonds is 0. The van der Waals surface area contributed by atoms with Gasteiger partial charge in [-0.3, -0.25) is 0 Å². The third-order valence-electron chi connectivity index (χ3n) is 2.25. The van der Waals surface area contributed by atoms with Gasteiger partial charge in [0, 0.05) is 17.9 Å². The lowest BCUT2D eigenvalue weighted by Crippen LogP contribution is -1.94. The predicted molar refractivity (Wildman–Crippen MR) is 101 cm³/mol. The van der Waals surface area contributed by atoms with Gasteiger partial charge in [-0.05, 0) is 56.1 Å². The minimum Gasteiger partial charge on any atom is -0.397 e. The summed E-state index contributed by atoms with van der Waals surface area (Å²) in [5.41, 5.74) is 24.5. The number of halogens is 4. The van der Waals surface area contributed by atoms with Crippen LogP contribution in [0.3, 0.4) is 0 Å². The molecule has 0 bridgehead atoms. The second-order valence-electron chi connectivity index (χ2n) is 3.78. The lowest BCUT2D eigenvalue weighted by molar-refractivity contribution is 1.58. The van der Waals surface area contributed by atoms with E-state index in [1.165, 1.54) is 0 Å². The van der Waals surface area contributed by atoms with Gasteiger partial charge < -0.3 is 22.9 Å². The number of nitrogens with two attached hydrogens (primary N) is 4. The Morgan fingerprint density at radius 2 is 0.850 bits per heavy atom. The van der Waals surface area contributed by atoms with Crippen molar-refractivity contribution in [2.45, 2.75) is 0 Å². The maximum absolute atomic E-state index is 5.56. The first-order valence-electron chi connectivity index (χ1n) is 5.22. The first kappa shape index (κ1) is 17.6. The van der Waals surface area contributed by atoms with E-state index in [4.69, 9.17) is 22.9 Å². The highest BCUT2D eigenvalue weighted by molar-refractivity contribution is 9.11. The number of hydrogen-bond acceptors (Lipinski definition) is 4. The van der Waals surface area contributed by atoms with E-state index in [9.17, 15) is 0 Å². The molecular formula is C12H12Br4N4. The summed E-state index contributed by atoms with van der Waals surface area (Å²) in [6.07, 6.45) is 0. The zero-order valence-electron chi connectivity index (χ0n) is 10.1. The van der Waals surface area contributed by atoms with Crippen molar-refractivity contribution in [2.75, 3.05) is 22.9 Å². The number of benzene rings is 2. The Balaban J connectivity index is 0.000000200. The predicted octanol–water partition coefficient (Wildman–Crippen LogP) is 4.75. The highest BCUT2D eigenvalue weighted by atomic mass is 79.9. The quantitative estimate of drug-likeness (QED) is 0.368. The van der Waals surface area contributed by atoms with Crippen LogP contribution in [0, 0.1) is 0 Å². The highest BCUT2D eigenvalue weighted by Gasteiger charge is 2.00. The molecule has 0 heterocycles. The van der Waals surface area contributed by atoms with Crippen LogP contribution in [-0.2, 0) is 0 Å². The van der Waals surface area contributed by atoms with Gasteiger partial charge in [0.2, 0.25) is 0 Å². The molecule has 108 valence electrons. The standard InChI is InChI=1S/2C6H6Br2N2/c2*7-3-1-4(8)6(10)5(9)2-3/h2*1-2H,9-10H2. The molecule has 0 atom stereocenters. The monoisotopic (exact) mass is 528 g/mol. The molecule has 0 fully saturated rings. The minimum absolute atomic E-state index is 0.584. The van der Waals surface area contributed by atoms with Gasteiger partial charge in [0.05, 0.1) is 22.7 Å². The Labute approximate surface area is 150 Å². The maximum Gasteiger partial charge on any atom is 0.0692 e. The Kier molecular flexibility index (Phi) is 6.63. The van der Waals surface area contributed by atoms with Gasteiger partial charge >= 0.3 is 0 Å². The SMILES string of the molecule is Nc1cc(Br)cc(Br)c1N.Nc1cc(Br)cc(Br)c1N. The van der Waals surface area contributed by atoms with E-state index in [0.717, 1.165) is 17.9 Å². The zero-order valence-corrected chi connectivity index (χ0v) is 16.5. The number of hydrogen-bond donors (Lipinski definition) is 4. The molecular weight excluding hydrogens is 520 g/mol. The third kappa shape index (κ3) is 4.83. The fourth-order valence-electron chi connectivity index (χ4n) is 1.21. The molecule has 0 amide bonds. The fraction of sp³-hybridized carbons (Fsp3) is 0. The first-order valence-corrected chi connectivity index (χ1v) is 8.39. The Hall–Kier alpha value is -0.440. The van der Waals surface area contributed by atoms with Gasteiger partial charge in [-0.1, -0.05) is 31.9 Å². The van der Waals surface area contributed by atoms with Crippen molar-refractivity contribution in [3.8, 4) is 0 Å². The van der Waals surface area contributed by atoms with Crippen molar-refractivity contribution in [3.63, 3.8) is 0 Å². The molecule has 0 aliphatic heterocycles. The molecule has 8 heteroatoms. The van der Waals surface area contributed by atoms with E-state index in [2.05, 4.69) is 63.7 Å². The van der Waals surface area contributed by atoms with Crippen molar-refractivity contribution in [3.05, 3.63) is 42.2 Å². The van der Waals surface area contributed by atoms with Crippen molar-refractivity contribution < 1.29 is 0 Å².